The van der Waals surface area contributed by atoms with Crippen LogP contribution in [-0.2, 0) is 11.8 Å². The summed E-state index contributed by atoms with van der Waals surface area (Å²) in [4.78, 5) is 16.6. The lowest BCUT2D eigenvalue weighted by Crippen LogP contribution is -2.11. The smallest absolute Gasteiger partial charge is 0.310 e. The minimum atomic E-state index is -0.780. The zero-order chi connectivity index (χ0) is 14.7. The van der Waals surface area contributed by atoms with Gasteiger partial charge in [-0.25, -0.2) is 4.99 Å². The van der Waals surface area contributed by atoms with E-state index in [-0.39, 0.29) is 0 Å². The van der Waals surface area contributed by atoms with Crippen LogP contribution in [0.5, 0.6) is 0 Å². The predicted octanol–water partition coefficient (Wildman–Crippen LogP) is 3.21. The third-order valence-corrected chi connectivity index (χ3v) is 4.41. The molecule has 0 aliphatic rings. The number of aromatic nitrogens is 1. The molecule has 1 N–H and O–H groups in total. The molecule has 0 aliphatic carbocycles. The first-order chi connectivity index (χ1) is 9.52. The number of carbonyl (C=O) groups is 1. The van der Waals surface area contributed by atoms with Crippen molar-refractivity contribution in [3.8, 4) is 0 Å². The van der Waals surface area contributed by atoms with Gasteiger partial charge in [0.2, 0.25) is 0 Å². The lowest BCUT2D eigenvalue weighted by atomic mass is 9.97. The highest BCUT2D eigenvalue weighted by molar-refractivity contribution is 7.07. The van der Waals surface area contributed by atoms with E-state index in [0.29, 0.717) is 6.42 Å². The standard InChI is InChI=1S/C15H18N2O2S/c1-4-13(14(18)19)11-5-7-12(8-6-11)16-15-17(3)10(2)9-20-15/h5-9,13H,4H2,1-3H3,(H,18,19). The van der Waals surface area contributed by atoms with E-state index in [0.717, 1.165) is 16.1 Å². The van der Waals surface area contributed by atoms with Crippen molar-refractivity contribution in [2.45, 2.75) is 26.2 Å². The number of hydrogen-bond acceptors (Lipinski definition) is 3. The summed E-state index contributed by atoms with van der Waals surface area (Å²) in [7, 11) is 1.98. The van der Waals surface area contributed by atoms with Gasteiger partial charge in [0.05, 0.1) is 11.6 Å². The van der Waals surface area contributed by atoms with Gasteiger partial charge in [0.1, 0.15) is 0 Å². The summed E-state index contributed by atoms with van der Waals surface area (Å²) in [5, 5.41) is 11.2. The Bertz CT molecular complexity index is 668. The second-order valence-electron chi connectivity index (χ2n) is 4.72. The SMILES string of the molecule is CCC(C(=O)O)c1ccc(N=c2scc(C)n2C)cc1. The van der Waals surface area contributed by atoms with Gasteiger partial charge >= 0.3 is 5.97 Å². The van der Waals surface area contributed by atoms with Crippen LogP contribution in [0, 0.1) is 6.92 Å². The lowest BCUT2D eigenvalue weighted by Gasteiger charge is -2.09. The summed E-state index contributed by atoms with van der Waals surface area (Å²) in [6, 6.07) is 7.44. The van der Waals surface area contributed by atoms with Crippen molar-refractivity contribution < 1.29 is 9.90 Å². The Balaban J connectivity index is 2.31. The van der Waals surface area contributed by atoms with Crippen LogP contribution in [0.25, 0.3) is 0 Å². The first-order valence-electron chi connectivity index (χ1n) is 6.51. The van der Waals surface area contributed by atoms with E-state index >= 15 is 0 Å². The average molecular weight is 290 g/mol. The number of thiazole rings is 1. The van der Waals surface area contributed by atoms with Gasteiger partial charge in [-0.05, 0) is 31.0 Å². The summed E-state index contributed by atoms with van der Waals surface area (Å²) in [5.41, 5.74) is 2.83. The van der Waals surface area contributed by atoms with Crippen LogP contribution in [-0.4, -0.2) is 15.6 Å². The molecule has 20 heavy (non-hydrogen) atoms. The minimum absolute atomic E-state index is 0.441. The summed E-state index contributed by atoms with van der Waals surface area (Å²) >= 11 is 1.59. The number of rotatable bonds is 4. The maximum atomic E-state index is 11.1. The summed E-state index contributed by atoms with van der Waals surface area (Å²) in [6.45, 7) is 3.92. The molecule has 2 aromatic rings. The van der Waals surface area contributed by atoms with Gasteiger partial charge in [-0.3, -0.25) is 4.79 Å². The van der Waals surface area contributed by atoms with Crippen molar-refractivity contribution in [2.75, 3.05) is 0 Å². The number of carboxylic acids is 1. The molecule has 0 aliphatic heterocycles. The Morgan fingerprint density at radius 3 is 2.50 bits per heavy atom. The third kappa shape index (κ3) is 2.99. The van der Waals surface area contributed by atoms with E-state index in [1.54, 1.807) is 11.3 Å². The molecule has 4 nitrogen and oxygen atoms in total. The van der Waals surface area contributed by atoms with Crippen LogP contribution in [0.1, 0.15) is 30.5 Å². The number of benzene rings is 1. The molecule has 1 atom stereocenters. The van der Waals surface area contributed by atoms with Gasteiger partial charge in [-0.15, -0.1) is 11.3 Å². The van der Waals surface area contributed by atoms with E-state index in [1.807, 2.05) is 49.7 Å². The number of carboxylic acid groups (broad SMARTS) is 1. The zero-order valence-electron chi connectivity index (χ0n) is 11.8. The maximum Gasteiger partial charge on any atom is 0.310 e. The molecule has 0 saturated heterocycles. The molecule has 0 saturated carbocycles. The topological polar surface area (TPSA) is 54.6 Å². The number of aryl methyl sites for hydroxylation is 1. The van der Waals surface area contributed by atoms with Crippen molar-refractivity contribution in [3.63, 3.8) is 0 Å². The fourth-order valence-electron chi connectivity index (χ4n) is 1.99. The van der Waals surface area contributed by atoms with Gasteiger partial charge in [-0.1, -0.05) is 19.1 Å². The summed E-state index contributed by atoms with van der Waals surface area (Å²) < 4.78 is 2.03. The largest absolute Gasteiger partial charge is 0.481 e. The highest BCUT2D eigenvalue weighted by Gasteiger charge is 2.16. The Hall–Kier alpha value is -1.88. The van der Waals surface area contributed by atoms with Gasteiger partial charge in [0, 0.05) is 18.1 Å². The van der Waals surface area contributed by atoms with Crippen LogP contribution in [0.15, 0.2) is 34.6 Å². The number of nitrogens with zero attached hydrogens (tertiary/aromatic N) is 2. The molecule has 1 heterocycles. The van der Waals surface area contributed by atoms with Crippen LogP contribution in [0.3, 0.4) is 0 Å². The molecule has 0 amide bonds. The van der Waals surface area contributed by atoms with Gasteiger partial charge in [0.25, 0.3) is 0 Å². The quantitative estimate of drug-likeness (QED) is 0.940. The summed E-state index contributed by atoms with van der Waals surface area (Å²) in [5.74, 6) is -1.22. The van der Waals surface area contributed by atoms with Crippen molar-refractivity contribution in [2.24, 2.45) is 12.0 Å². The lowest BCUT2D eigenvalue weighted by molar-refractivity contribution is -0.138. The fourth-order valence-corrected chi connectivity index (χ4v) is 2.89. The zero-order valence-corrected chi connectivity index (χ0v) is 12.6. The van der Waals surface area contributed by atoms with E-state index in [2.05, 4.69) is 10.4 Å². The molecule has 2 rings (SSSR count). The highest BCUT2D eigenvalue weighted by atomic mass is 32.1. The Morgan fingerprint density at radius 1 is 1.40 bits per heavy atom. The third-order valence-electron chi connectivity index (χ3n) is 3.38. The molecule has 0 radical (unpaired) electrons. The molecule has 1 aromatic heterocycles. The van der Waals surface area contributed by atoms with Crippen LogP contribution in [0.4, 0.5) is 5.69 Å². The normalized spacial score (nSPS) is 13.4. The Labute approximate surface area is 122 Å². The summed E-state index contributed by atoms with van der Waals surface area (Å²) in [6.07, 6.45) is 0.588. The number of aliphatic carboxylic acids is 1. The van der Waals surface area contributed by atoms with Gasteiger partial charge in [0.15, 0.2) is 4.80 Å². The van der Waals surface area contributed by atoms with Crippen LogP contribution in [0.2, 0.25) is 0 Å². The molecular weight excluding hydrogens is 272 g/mol. The Morgan fingerprint density at radius 2 is 2.05 bits per heavy atom. The van der Waals surface area contributed by atoms with Crippen molar-refractivity contribution in [1.82, 2.24) is 4.57 Å². The second-order valence-corrected chi connectivity index (χ2v) is 5.56. The molecule has 1 unspecified atom stereocenters. The van der Waals surface area contributed by atoms with Crippen LogP contribution >= 0.6 is 11.3 Å². The Kier molecular flexibility index (Phi) is 4.39. The van der Waals surface area contributed by atoms with Gasteiger partial charge in [-0.2, -0.15) is 0 Å². The van der Waals surface area contributed by atoms with Crippen molar-refractivity contribution in [1.29, 1.82) is 0 Å². The maximum absolute atomic E-state index is 11.1. The molecule has 1 aromatic carbocycles. The van der Waals surface area contributed by atoms with Crippen LogP contribution < -0.4 is 4.80 Å². The van der Waals surface area contributed by atoms with Gasteiger partial charge < -0.3 is 9.67 Å². The van der Waals surface area contributed by atoms with Crippen molar-refractivity contribution in [3.05, 3.63) is 45.7 Å². The van der Waals surface area contributed by atoms with E-state index in [9.17, 15) is 4.79 Å². The molecular formula is C15H18N2O2S. The first-order valence-corrected chi connectivity index (χ1v) is 7.39. The van der Waals surface area contributed by atoms with E-state index in [4.69, 9.17) is 5.11 Å². The van der Waals surface area contributed by atoms with E-state index in [1.165, 1.54) is 5.69 Å². The highest BCUT2D eigenvalue weighted by Crippen LogP contribution is 2.22. The molecule has 106 valence electrons. The molecule has 0 fully saturated rings. The fraction of sp³-hybridized carbons (Fsp3) is 0.333. The average Bonchev–Trinajstić information content (AvgIpc) is 2.73. The van der Waals surface area contributed by atoms with Crippen molar-refractivity contribution >= 4 is 23.0 Å². The first kappa shape index (κ1) is 14.5. The second kappa shape index (κ2) is 6.05. The van der Waals surface area contributed by atoms with E-state index < -0.39 is 11.9 Å². The molecule has 0 spiro atoms. The molecule has 0 bridgehead atoms. The number of hydrogen-bond donors (Lipinski definition) is 1. The minimum Gasteiger partial charge on any atom is -0.481 e. The predicted molar refractivity (Wildman–Crippen MR) is 80.4 cm³/mol. The molecule has 5 heteroatoms. The monoisotopic (exact) mass is 290 g/mol.